The van der Waals surface area contributed by atoms with Crippen LogP contribution < -0.4 is 16.0 Å². The molecule has 3 saturated heterocycles. The predicted molar refractivity (Wildman–Crippen MR) is 121 cm³/mol. The summed E-state index contributed by atoms with van der Waals surface area (Å²) in [5.74, 6) is -3.84. The molecule has 10 nitrogen and oxygen atoms in total. The van der Waals surface area contributed by atoms with Crippen LogP contribution in [0, 0.1) is 23.7 Å². The zero-order chi connectivity index (χ0) is 24.2. The topological polar surface area (TPSA) is 148 Å². The summed E-state index contributed by atoms with van der Waals surface area (Å²) in [6.45, 7) is 8.63. The van der Waals surface area contributed by atoms with Gasteiger partial charge >= 0.3 is 5.97 Å². The van der Waals surface area contributed by atoms with E-state index in [2.05, 4.69) is 16.0 Å². The fourth-order valence-corrected chi connectivity index (χ4v) is 7.03. The average molecular weight is 481 g/mol. The number of hydrogen-bond acceptors (Lipinski definition) is 7. The van der Waals surface area contributed by atoms with Crippen molar-refractivity contribution in [2.45, 2.75) is 63.6 Å². The average Bonchev–Trinajstić information content (AvgIpc) is 3.31. The SMILES string of the molecule is C[C@@H](O)C1C(=O)NC1[C@@H](C)C(=O)N[C@H](C)[C@H]1C(=O)N2C(C(=O)O)=C(S[C@H]3CCNC3)[C@H](C)[C@H]12. The molecule has 11 heteroatoms. The molecule has 4 aliphatic heterocycles. The number of aliphatic hydroxyl groups is 1. The summed E-state index contributed by atoms with van der Waals surface area (Å²) in [6, 6.07) is -1.27. The summed E-state index contributed by atoms with van der Waals surface area (Å²) in [5.41, 5.74) is 0.0782. The van der Waals surface area contributed by atoms with E-state index in [1.165, 1.54) is 11.8 Å². The molecule has 0 aromatic rings. The van der Waals surface area contributed by atoms with Crippen LogP contribution in [-0.4, -0.2) is 81.4 Å². The van der Waals surface area contributed by atoms with Crippen LogP contribution in [0.2, 0.25) is 0 Å². The van der Waals surface area contributed by atoms with Crippen molar-refractivity contribution < 1.29 is 29.4 Å². The van der Waals surface area contributed by atoms with E-state index < -0.39 is 41.9 Å². The van der Waals surface area contributed by atoms with E-state index in [1.807, 2.05) is 6.92 Å². The van der Waals surface area contributed by atoms with Gasteiger partial charge in [0.25, 0.3) is 0 Å². The van der Waals surface area contributed by atoms with E-state index in [9.17, 15) is 29.4 Å². The van der Waals surface area contributed by atoms with Crippen LogP contribution in [0.1, 0.15) is 34.1 Å². The summed E-state index contributed by atoms with van der Waals surface area (Å²) in [4.78, 5) is 51.8. The molecule has 4 aliphatic rings. The highest BCUT2D eigenvalue weighted by molar-refractivity contribution is 8.03. The largest absolute Gasteiger partial charge is 0.477 e. The maximum atomic E-state index is 13.0. The Morgan fingerprint density at radius 1 is 1.21 bits per heavy atom. The Labute approximate surface area is 196 Å². The van der Waals surface area contributed by atoms with Gasteiger partial charge in [-0.3, -0.25) is 14.4 Å². The number of hydrogen-bond donors (Lipinski definition) is 5. The van der Waals surface area contributed by atoms with Gasteiger partial charge in [0.15, 0.2) is 0 Å². The second kappa shape index (κ2) is 8.92. The number of aliphatic hydroxyl groups excluding tert-OH is 1. The van der Waals surface area contributed by atoms with Crippen molar-refractivity contribution >= 4 is 35.5 Å². The van der Waals surface area contributed by atoms with Gasteiger partial charge in [0, 0.05) is 28.7 Å². The standard InChI is InChI=1S/C22H32N4O6S/c1-8(15-14(11(4)27)20(29)25-15)19(28)24-10(3)13-16-9(2)18(33-12-5-6-23-7-12)17(22(31)32)26(16)21(13)30/h8-16,23,27H,5-7H2,1-4H3,(H,24,28)(H,25,29)(H,31,32)/t8-,9-,10-,11-,12+,13-,14?,15?,16-/m1/s1. The molecular formula is C22H32N4O6S. The van der Waals surface area contributed by atoms with Crippen molar-refractivity contribution in [2.75, 3.05) is 13.1 Å². The molecule has 0 saturated carbocycles. The van der Waals surface area contributed by atoms with Crippen molar-refractivity contribution in [3.05, 3.63) is 10.6 Å². The first-order chi connectivity index (χ1) is 15.5. The number of fused-ring (bicyclic) bond motifs is 1. The van der Waals surface area contributed by atoms with Gasteiger partial charge in [0.05, 0.1) is 35.9 Å². The molecule has 3 amide bonds. The zero-order valence-corrected chi connectivity index (χ0v) is 20.0. The normalized spacial score (nSPS) is 35.8. The lowest BCUT2D eigenvalue weighted by atomic mass is 9.76. The molecule has 9 atom stereocenters. The summed E-state index contributed by atoms with van der Waals surface area (Å²) >= 11 is 1.55. The number of carboxylic acids is 1. The highest BCUT2D eigenvalue weighted by atomic mass is 32.2. The molecule has 0 aliphatic carbocycles. The number of aliphatic carboxylic acids is 1. The molecule has 0 radical (unpaired) electrons. The lowest BCUT2D eigenvalue weighted by molar-refractivity contribution is -0.158. The minimum atomic E-state index is -1.10. The number of thioether (sulfide) groups is 1. The smallest absolute Gasteiger partial charge is 0.353 e. The summed E-state index contributed by atoms with van der Waals surface area (Å²) in [5, 5.41) is 28.8. The number of β-lactam (4-membered cyclic amide) rings is 2. The van der Waals surface area contributed by atoms with E-state index in [4.69, 9.17) is 0 Å². The third-order valence-corrected chi connectivity index (χ3v) is 9.03. The fourth-order valence-electron chi connectivity index (χ4n) is 5.59. The van der Waals surface area contributed by atoms with Crippen LogP contribution in [0.25, 0.3) is 0 Å². The second-order valence-corrected chi connectivity index (χ2v) is 11.0. The summed E-state index contributed by atoms with van der Waals surface area (Å²) < 4.78 is 0. The Bertz CT molecular complexity index is 901. The molecule has 2 unspecified atom stereocenters. The Hall–Kier alpha value is -2.11. The third-order valence-electron chi connectivity index (χ3n) is 7.48. The van der Waals surface area contributed by atoms with Crippen LogP contribution in [0.15, 0.2) is 10.6 Å². The van der Waals surface area contributed by atoms with Crippen molar-refractivity contribution in [3.8, 4) is 0 Å². The second-order valence-electron chi connectivity index (χ2n) is 9.65. The van der Waals surface area contributed by atoms with Gasteiger partial charge in [-0.05, 0) is 26.8 Å². The lowest BCUT2D eigenvalue weighted by Crippen LogP contribution is -2.68. The van der Waals surface area contributed by atoms with E-state index in [-0.39, 0.29) is 40.6 Å². The maximum absolute atomic E-state index is 13.0. The Morgan fingerprint density at radius 3 is 2.45 bits per heavy atom. The molecule has 182 valence electrons. The van der Waals surface area contributed by atoms with Crippen LogP contribution in [0.3, 0.4) is 0 Å². The molecule has 5 N–H and O–H groups in total. The zero-order valence-electron chi connectivity index (χ0n) is 19.2. The Balaban J connectivity index is 1.43. The van der Waals surface area contributed by atoms with Crippen molar-refractivity contribution in [2.24, 2.45) is 23.7 Å². The molecule has 0 aromatic carbocycles. The first-order valence-electron chi connectivity index (χ1n) is 11.5. The third kappa shape index (κ3) is 3.93. The van der Waals surface area contributed by atoms with Crippen molar-refractivity contribution in [1.82, 2.24) is 20.9 Å². The molecule has 4 rings (SSSR count). The fraction of sp³-hybridized carbons (Fsp3) is 0.727. The monoisotopic (exact) mass is 480 g/mol. The van der Waals surface area contributed by atoms with Crippen LogP contribution in [-0.2, 0) is 19.2 Å². The van der Waals surface area contributed by atoms with E-state index >= 15 is 0 Å². The number of carboxylic acid groups (broad SMARTS) is 1. The van der Waals surface area contributed by atoms with Crippen LogP contribution in [0.4, 0.5) is 0 Å². The first-order valence-corrected chi connectivity index (χ1v) is 12.4. The first kappa shape index (κ1) is 24.0. The van der Waals surface area contributed by atoms with Gasteiger partial charge < -0.3 is 31.1 Å². The molecule has 3 fully saturated rings. The van der Waals surface area contributed by atoms with Crippen LogP contribution in [0.5, 0.6) is 0 Å². The van der Waals surface area contributed by atoms with Crippen molar-refractivity contribution in [1.29, 1.82) is 0 Å². The number of amides is 3. The van der Waals surface area contributed by atoms with E-state index in [1.54, 1.807) is 25.6 Å². The van der Waals surface area contributed by atoms with Gasteiger partial charge in [0.1, 0.15) is 5.70 Å². The molecule has 0 aromatic heterocycles. The number of carbonyl (C=O) groups is 4. The molecule has 4 heterocycles. The molecule has 0 spiro atoms. The summed E-state index contributed by atoms with van der Waals surface area (Å²) in [7, 11) is 0. The highest BCUT2D eigenvalue weighted by Gasteiger charge is 2.60. The molecular weight excluding hydrogens is 448 g/mol. The van der Waals surface area contributed by atoms with Gasteiger partial charge in [-0.1, -0.05) is 13.8 Å². The quantitative estimate of drug-likeness (QED) is 0.292. The number of nitrogens with zero attached hydrogens (tertiary/aromatic N) is 1. The molecule has 33 heavy (non-hydrogen) atoms. The Kier molecular flexibility index (Phi) is 6.49. The highest BCUT2D eigenvalue weighted by Crippen LogP contribution is 2.51. The van der Waals surface area contributed by atoms with Crippen molar-refractivity contribution in [3.63, 3.8) is 0 Å². The van der Waals surface area contributed by atoms with Crippen LogP contribution >= 0.6 is 11.8 Å². The summed E-state index contributed by atoms with van der Waals surface area (Å²) in [6.07, 6.45) is 0.0924. The van der Waals surface area contributed by atoms with E-state index in [0.717, 1.165) is 24.4 Å². The number of carbonyl (C=O) groups excluding carboxylic acids is 3. The minimum absolute atomic E-state index is 0.0782. The van der Waals surface area contributed by atoms with Gasteiger partial charge in [0.2, 0.25) is 17.7 Å². The van der Waals surface area contributed by atoms with Gasteiger partial charge in [-0.25, -0.2) is 4.79 Å². The van der Waals surface area contributed by atoms with Gasteiger partial charge in [-0.15, -0.1) is 11.8 Å². The molecule has 0 bridgehead atoms. The number of rotatable bonds is 8. The Morgan fingerprint density at radius 2 is 1.91 bits per heavy atom. The lowest BCUT2D eigenvalue weighted by Gasteiger charge is -2.48. The maximum Gasteiger partial charge on any atom is 0.353 e. The minimum Gasteiger partial charge on any atom is -0.477 e. The van der Waals surface area contributed by atoms with Gasteiger partial charge in [-0.2, -0.15) is 0 Å². The van der Waals surface area contributed by atoms with E-state index in [0.29, 0.717) is 0 Å². The number of nitrogens with one attached hydrogen (secondary N) is 3. The predicted octanol–water partition coefficient (Wildman–Crippen LogP) is -0.509.